The van der Waals surface area contributed by atoms with E-state index < -0.39 is 78.7 Å². The number of halogens is 1. The van der Waals surface area contributed by atoms with Crippen molar-refractivity contribution in [2.45, 2.75) is 70.0 Å². The number of nitrogens with zero attached hydrogens (tertiary/aromatic N) is 3. The minimum atomic E-state index is -3.39. The van der Waals surface area contributed by atoms with E-state index in [1.165, 1.54) is 0 Å². The van der Waals surface area contributed by atoms with Crippen LogP contribution in [0.15, 0.2) is 5.11 Å². The molecule has 0 aliphatic carbocycles. The van der Waals surface area contributed by atoms with Gasteiger partial charge in [-0.25, -0.2) is 9.18 Å². The Morgan fingerprint density at radius 1 is 1.15 bits per heavy atom. The predicted octanol–water partition coefficient (Wildman–Crippen LogP) is -0.805. The van der Waals surface area contributed by atoms with Crippen LogP contribution in [0.25, 0.3) is 10.4 Å². The molecule has 1 heterocycles. The number of esters is 4. The lowest BCUT2D eigenvalue weighted by molar-refractivity contribution is -0.307. The van der Waals surface area contributed by atoms with Gasteiger partial charge in [0.15, 0.2) is 18.4 Å². The summed E-state index contributed by atoms with van der Waals surface area (Å²) in [5, 5.41) is 16.2. The van der Waals surface area contributed by atoms with Crippen LogP contribution >= 0.6 is 0 Å². The van der Waals surface area contributed by atoms with Crippen LogP contribution in [0.1, 0.15) is 27.7 Å². The largest absolute Gasteiger partial charge is 0.465 e. The zero-order valence-corrected chi connectivity index (χ0v) is 18.9. The Hall–Kier alpha value is -3.49. The summed E-state index contributed by atoms with van der Waals surface area (Å²) in [6.45, 7) is 3.26. The number of ether oxygens (including phenoxy) is 5. The molecule has 0 saturated carbocycles. The number of alkyl halides is 1. The molecule has 0 bridgehead atoms. The number of carbonyl (C=O) groups is 5. The van der Waals surface area contributed by atoms with Crippen LogP contribution in [0.5, 0.6) is 0 Å². The van der Waals surface area contributed by atoms with Gasteiger partial charge in [0.25, 0.3) is 5.79 Å². The molecular formula is C18H25FN4O11. The quantitative estimate of drug-likeness (QED) is 0.134. The number of hydrogen-bond acceptors (Lipinski definition) is 12. The molecule has 1 aliphatic rings. The number of hydrogen-bond donors (Lipinski definition) is 2. The summed E-state index contributed by atoms with van der Waals surface area (Å²) in [4.78, 5) is 61.4. The van der Waals surface area contributed by atoms with Gasteiger partial charge in [0.05, 0.1) is 19.2 Å². The molecule has 0 aromatic carbocycles. The first kappa shape index (κ1) is 28.5. The molecular weight excluding hydrogens is 467 g/mol. The molecule has 3 unspecified atom stereocenters. The van der Waals surface area contributed by atoms with E-state index in [1.54, 1.807) is 0 Å². The fourth-order valence-electron chi connectivity index (χ4n) is 3.28. The first-order valence-electron chi connectivity index (χ1n) is 9.70. The first-order chi connectivity index (χ1) is 15.8. The summed E-state index contributed by atoms with van der Waals surface area (Å²) in [5.41, 5.74) is 8.93. The van der Waals surface area contributed by atoms with Gasteiger partial charge in [-0.05, 0) is 5.53 Å². The Kier molecular flexibility index (Phi) is 10.2. The summed E-state index contributed by atoms with van der Waals surface area (Å²) in [6, 6.07) is -3.67. The topological polar surface area (TPSA) is 213 Å². The number of azide groups is 1. The molecule has 1 fully saturated rings. The first-order valence-corrected chi connectivity index (χ1v) is 9.70. The van der Waals surface area contributed by atoms with Crippen molar-refractivity contribution >= 4 is 29.8 Å². The third-order valence-corrected chi connectivity index (χ3v) is 4.50. The van der Waals surface area contributed by atoms with Gasteiger partial charge >= 0.3 is 23.9 Å². The zero-order chi connectivity index (χ0) is 26.2. The van der Waals surface area contributed by atoms with Gasteiger partial charge in [-0.3, -0.25) is 19.2 Å². The summed E-state index contributed by atoms with van der Waals surface area (Å²) < 4.78 is 39.9. The maximum Gasteiger partial charge on any atom is 0.369 e. The van der Waals surface area contributed by atoms with Gasteiger partial charge in [0.2, 0.25) is 5.91 Å². The number of carbonyl (C=O) groups excluding carboxylic acids is 5. The van der Waals surface area contributed by atoms with Crippen LogP contribution in [-0.4, -0.2) is 91.0 Å². The summed E-state index contributed by atoms with van der Waals surface area (Å²) >= 11 is 0. The highest BCUT2D eigenvalue weighted by Gasteiger charge is 2.63. The third kappa shape index (κ3) is 7.00. The minimum absolute atomic E-state index is 0.707. The second-order valence-electron chi connectivity index (χ2n) is 7.12. The molecule has 7 atom stereocenters. The molecule has 1 saturated heterocycles. The fourth-order valence-corrected chi connectivity index (χ4v) is 3.28. The monoisotopic (exact) mass is 492 g/mol. The van der Waals surface area contributed by atoms with Gasteiger partial charge in [0.1, 0.15) is 12.7 Å². The molecule has 2 N–H and O–H groups in total. The van der Waals surface area contributed by atoms with Crippen LogP contribution in [0.4, 0.5) is 4.39 Å². The fraction of sp³-hybridized carbons (Fsp3) is 0.722. The Morgan fingerprint density at radius 3 is 2.18 bits per heavy atom. The van der Waals surface area contributed by atoms with Crippen LogP contribution in [0.3, 0.4) is 0 Å². The highest BCUT2D eigenvalue weighted by Crippen LogP contribution is 2.36. The molecule has 15 nitrogen and oxygen atoms in total. The van der Waals surface area contributed by atoms with E-state index in [9.17, 15) is 29.1 Å². The smallest absolute Gasteiger partial charge is 0.369 e. The highest BCUT2D eigenvalue weighted by atomic mass is 19.1. The van der Waals surface area contributed by atoms with Crippen LogP contribution in [0, 0.1) is 0 Å². The normalized spacial score (nSPS) is 27.7. The molecule has 16 heteroatoms. The highest BCUT2D eigenvalue weighted by molar-refractivity contribution is 5.79. The number of nitrogens with one attached hydrogen (secondary N) is 1. The van der Waals surface area contributed by atoms with Crippen molar-refractivity contribution in [2.75, 3.05) is 13.7 Å². The number of aliphatic hydroxyl groups is 1. The summed E-state index contributed by atoms with van der Waals surface area (Å²) in [6.07, 6.45) is -8.10. The molecule has 0 aromatic heterocycles. The van der Waals surface area contributed by atoms with Crippen molar-refractivity contribution in [3.63, 3.8) is 0 Å². The van der Waals surface area contributed by atoms with Crippen LogP contribution < -0.4 is 5.32 Å². The van der Waals surface area contributed by atoms with E-state index in [0.29, 0.717) is 0 Å². The van der Waals surface area contributed by atoms with E-state index in [0.717, 1.165) is 34.8 Å². The average molecular weight is 492 g/mol. The van der Waals surface area contributed by atoms with Crippen molar-refractivity contribution in [1.29, 1.82) is 0 Å². The Balaban J connectivity index is 3.73. The van der Waals surface area contributed by atoms with Gasteiger partial charge in [-0.2, -0.15) is 0 Å². The second kappa shape index (κ2) is 12.1. The van der Waals surface area contributed by atoms with Crippen molar-refractivity contribution in [3.05, 3.63) is 10.4 Å². The van der Waals surface area contributed by atoms with Crippen molar-refractivity contribution in [1.82, 2.24) is 5.32 Å². The minimum Gasteiger partial charge on any atom is -0.465 e. The lowest BCUT2D eigenvalue weighted by Gasteiger charge is -2.47. The molecule has 0 spiro atoms. The van der Waals surface area contributed by atoms with Crippen molar-refractivity contribution in [2.24, 2.45) is 5.11 Å². The van der Waals surface area contributed by atoms with E-state index >= 15 is 4.39 Å². The van der Waals surface area contributed by atoms with Crippen molar-refractivity contribution in [3.8, 4) is 0 Å². The molecule has 0 aromatic rings. The lowest BCUT2D eigenvalue weighted by atomic mass is 9.85. The summed E-state index contributed by atoms with van der Waals surface area (Å²) in [7, 11) is 0.805. The zero-order valence-electron chi connectivity index (χ0n) is 18.9. The van der Waals surface area contributed by atoms with Gasteiger partial charge in [-0.15, -0.1) is 0 Å². The number of methoxy groups -OCH3 is 1. The Labute approximate surface area is 192 Å². The Bertz CT molecular complexity index is 865. The predicted molar refractivity (Wildman–Crippen MR) is 105 cm³/mol. The second-order valence-corrected chi connectivity index (χ2v) is 7.12. The SMILES string of the molecule is COC(=O)[C@@]1(O)OC([C@H](OC(C)=O)[C@@H](COC(C)=O)OC(C)=O)[C@H](NC(C)=O)C(N=[N+]=[N-])C1F. The third-order valence-electron chi connectivity index (χ3n) is 4.50. The Morgan fingerprint density at radius 2 is 1.74 bits per heavy atom. The van der Waals surface area contributed by atoms with Gasteiger partial charge < -0.3 is 34.1 Å². The number of rotatable bonds is 9. The van der Waals surface area contributed by atoms with Gasteiger partial charge in [0, 0.05) is 32.6 Å². The number of amides is 1. The molecule has 34 heavy (non-hydrogen) atoms. The standard InChI is InChI=1S/C18H25FN4O11/c1-7(24)21-12-13(22-23-20)16(19)18(29,17(28)30-5)34-15(12)14(33-10(4)27)11(32-9(3)26)6-31-8(2)25/h11-16,29H,6H2,1-5H3,(H,21,24)/t11-,12-,13?,14-,15?,16?,18+/m1/s1. The maximum atomic E-state index is 15.2. The van der Waals surface area contributed by atoms with Crippen molar-refractivity contribution < 1.29 is 57.2 Å². The molecule has 1 aliphatic heterocycles. The lowest BCUT2D eigenvalue weighted by Crippen LogP contribution is -2.72. The molecule has 1 rings (SSSR count). The maximum absolute atomic E-state index is 15.2. The van der Waals surface area contributed by atoms with E-state index in [1.807, 2.05) is 0 Å². The van der Waals surface area contributed by atoms with Crippen LogP contribution in [0.2, 0.25) is 0 Å². The molecule has 0 radical (unpaired) electrons. The average Bonchev–Trinajstić information content (AvgIpc) is 2.73. The van der Waals surface area contributed by atoms with E-state index in [2.05, 4.69) is 20.1 Å². The molecule has 1 amide bonds. The van der Waals surface area contributed by atoms with Gasteiger partial charge in [-0.1, -0.05) is 5.11 Å². The van der Waals surface area contributed by atoms with E-state index in [-0.39, 0.29) is 0 Å². The summed E-state index contributed by atoms with van der Waals surface area (Å²) in [5.74, 6) is -8.58. The molecule has 190 valence electrons. The van der Waals surface area contributed by atoms with Crippen LogP contribution in [-0.2, 0) is 47.7 Å². The van der Waals surface area contributed by atoms with E-state index in [4.69, 9.17) is 24.5 Å².